The van der Waals surface area contributed by atoms with Crippen LogP contribution in [0, 0.1) is 0 Å². The topological polar surface area (TPSA) is 143 Å². The molecule has 2 heterocycles. The lowest BCUT2D eigenvalue weighted by molar-refractivity contribution is -0.116. The highest BCUT2D eigenvalue weighted by Crippen LogP contribution is 2.39. The molecule has 11 nitrogen and oxygen atoms in total. The van der Waals surface area contributed by atoms with E-state index in [2.05, 4.69) is 29.8 Å². The lowest BCUT2D eigenvalue weighted by Crippen LogP contribution is -2.39. The number of methoxy groups -OCH3 is 1. The summed E-state index contributed by atoms with van der Waals surface area (Å²) in [5, 5.41) is 8.46. The van der Waals surface area contributed by atoms with E-state index >= 15 is 0 Å². The first-order valence-corrected chi connectivity index (χ1v) is 20.1. The molecule has 4 amide bonds. The SMILES string of the molecule is CCC(Sc1cccc(NC(=O)/C(=C\c2ccc(C(C)C)cc2)NC(=O)c2ccccc2)c1)C(=O)Nc1sc2c(c1C(=O)OC)CCN(C(=O)OC(C)(C)C)C2. The van der Waals surface area contributed by atoms with Gasteiger partial charge in [0.05, 0.1) is 24.5 Å². The molecule has 0 saturated carbocycles. The number of esters is 1. The van der Waals surface area contributed by atoms with Crippen LogP contribution < -0.4 is 16.0 Å². The summed E-state index contributed by atoms with van der Waals surface area (Å²) in [4.78, 5) is 69.6. The first-order chi connectivity index (χ1) is 26.6. The molecular weight excluding hydrogens is 749 g/mol. The molecule has 0 spiro atoms. The van der Waals surface area contributed by atoms with Crippen molar-refractivity contribution in [3.8, 4) is 0 Å². The van der Waals surface area contributed by atoms with Gasteiger partial charge in [-0.05, 0) is 92.6 Å². The molecule has 0 radical (unpaired) electrons. The second-order valence-corrected chi connectivity index (χ2v) is 16.9. The van der Waals surface area contributed by atoms with Gasteiger partial charge in [0.1, 0.15) is 16.3 Å². The molecule has 1 aromatic heterocycles. The van der Waals surface area contributed by atoms with Gasteiger partial charge in [0.15, 0.2) is 0 Å². The third kappa shape index (κ3) is 10.9. The fourth-order valence-electron chi connectivity index (χ4n) is 5.90. The maximum absolute atomic E-state index is 13.8. The lowest BCUT2D eigenvalue weighted by atomic mass is 10.0. The zero-order valence-electron chi connectivity index (χ0n) is 32.7. The summed E-state index contributed by atoms with van der Waals surface area (Å²) in [6.45, 7) is 12.1. The number of benzene rings is 3. The summed E-state index contributed by atoms with van der Waals surface area (Å²) < 4.78 is 10.7. The fourth-order valence-corrected chi connectivity index (χ4v) is 8.17. The summed E-state index contributed by atoms with van der Waals surface area (Å²) in [5.74, 6) is -1.47. The molecule has 1 aliphatic rings. The fraction of sp³-hybridized carbons (Fsp3) is 0.326. The highest BCUT2D eigenvalue weighted by molar-refractivity contribution is 8.00. The number of nitrogens with zero attached hydrogens (tertiary/aromatic N) is 1. The number of amides is 4. The Morgan fingerprint density at radius 3 is 2.30 bits per heavy atom. The predicted molar refractivity (Wildman–Crippen MR) is 222 cm³/mol. The predicted octanol–water partition coefficient (Wildman–Crippen LogP) is 8.87. The first kappa shape index (κ1) is 41.8. The van der Waals surface area contributed by atoms with Gasteiger partial charge in [-0.2, -0.15) is 0 Å². The van der Waals surface area contributed by atoms with E-state index in [1.807, 2.05) is 43.3 Å². The second-order valence-electron chi connectivity index (χ2n) is 14.5. The normalized spacial score (nSPS) is 13.4. The quantitative estimate of drug-likeness (QED) is 0.0733. The van der Waals surface area contributed by atoms with Gasteiger partial charge in [-0.1, -0.05) is 69.3 Å². The van der Waals surface area contributed by atoms with Gasteiger partial charge in [-0.15, -0.1) is 23.1 Å². The van der Waals surface area contributed by atoms with Crippen molar-refractivity contribution in [2.24, 2.45) is 0 Å². The number of thiophene rings is 1. The first-order valence-electron chi connectivity index (χ1n) is 18.4. The van der Waals surface area contributed by atoms with Gasteiger partial charge in [-0.3, -0.25) is 14.4 Å². The summed E-state index contributed by atoms with van der Waals surface area (Å²) in [7, 11) is 1.30. The molecule has 3 aromatic carbocycles. The third-order valence-electron chi connectivity index (χ3n) is 8.81. The van der Waals surface area contributed by atoms with Crippen molar-refractivity contribution in [3.05, 3.63) is 117 Å². The summed E-state index contributed by atoms with van der Waals surface area (Å²) in [5.41, 5.74) is 3.24. The van der Waals surface area contributed by atoms with Crippen LogP contribution in [0.25, 0.3) is 6.08 Å². The van der Waals surface area contributed by atoms with Crippen molar-refractivity contribution >= 4 is 69.6 Å². The van der Waals surface area contributed by atoms with Crippen LogP contribution in [0.5, 0.6) is 0 Å². The Morgan fingerprint density at radius 2 is 1.66 bits per heavy atom. The number of rotatable bonds is 12. The van der Waals surface area contributed by atoms with Crippen molar-refractivity contribution in [2.75, 3.05) is 24.3 Å². The van der Waals surface area contributed by atoms with Crippen LogP contribution in [0.2, 0.25) is 0 Å². The van der Waals surface area contributed by atoms with Crippen LogP contribution in [0.4, 0.5) is 15.5 Å². The van der Waals surface area contributed by atoms with Crippen molar-refractivity contribution < 1.29 is 33.4 Å². The Balaban J connectivity index is 1.31. The van der Waals surface area contributed by atoms with Crippen molar-refractivity contribution in [1.29, 1.82) is 0 Å². The highest BCUT2D eigenvalue weighted by atomic mass is 32.2. The number of nitrogens with one attached hydrogen (secondary N) is 3. The number of carbonyl (C=O) groups is 5. The molecule has 5 rings (SSSR count). The minimum atomic E-state index is -0.651. The van der Waals surface area contributed by atoms with Crippen LogP contribution in [-0.2, 0) is 32.0 Å². The maximum atomic E-state index is 13.8. The third-order valence-corrected chi connectivity index (χ3v) is 11.3. The van der Waals surface area contributed by atoms with E-state index in [-0.39, 0.29) is 18.1 Å². The van der Waals surface area contributed by atoms with E-state index in [4.69, 9.17) is 9.47 Å². The Bertz CT molecular complexity index is 2100. The zero-order valence-corrected chi connectivity index (χ0v) is 34.3. The van der Waals surface area contributed by atoms with E-state index in [1.54, 1.807) is 74.2 Å². The summed E-state index contributed by atoms with van der Waals surface area (Å²) in [6.07, 6.45) is 2.07. The molecule has 3 N–H and O–H groups in total. The molecular formula is C43H48N4O7S2. The van der Waals surface area contributed by atoms with Gasteiger partial charge in [0.25, 0.3) is 11.8 Å². The molecule has 1 aliphatic heterocycles. The molecule has 1 unspecified atom stereocenters. The zero-order chi connectivity index (χ0) is 40.6. The number of fused-ring (bicyclic) bond motifs is 1. The highest BCUT2D eigenvalue weighted by Gasteiger charge is 2.33. The number of hydrogen-bond donors (Lipinski definition) is 3. The minimum Gasteiger partial charge on any atom is -0.465 e. The smallest absolute Gasteiger partial charge is 0.410 e. The Morgan fingerprint density at radius 1 is 0.946 bits per heavy atom. The van der Waals surface area contributed by atoms with Crippen molar-refractivity contribution in [2.45, 2.75) is 82.6 Å². The number of anilines is 2. The van der Waals surface area contributed by atoms with Crippen LogP contribution >= 0.6 is 23.1 Å². The number of thioether (sulfide) groups is 1. The molecule has 0 saturated heterocycles. The largest absolute Gasteiger partial charge is 0.465 e. The molecule has 0 bridgehead atoms. The van der Waals surface area contributed by atoms with E-state index in [0.717, 1.165) is 26.5 Å². The Kier molecular flexibility index (Phi) is 13.8. The second kappa shape index (κ2) is 18.5. The van der Waals surface area contributed by atoms with Gasteiger partial charge in [0.2, 0.25) is 5.91 Å². The monoisotopic (exact) mass is 796 g/mol. The van der Waals surface area contributed by atoms with Gasteiger partial charge < -0.3 is 30.3 Å². The van der Waals surface area contributed by atoms with Crippen molar-refractivity contribution in [1.82, 2.24) is 10.2 Å². The lowest BCUT2D eigenvalue weighted by Gasteiger charge is -2.30. The van der Waals surface area contributed by atoms with Gasteiger partial charge in [-0.25, -0.2) is 9.59 Å². The molecule has 13 heteroatoms. The van der Waals surface area contributed by atoms with E-state index in [9.17, 15) is 24.0 Å². The van der Waals surface area contributed by atoms with Gasteiger partial charge >= 0.3 is 12.1 Å². The summed E-state index contributed by atoms with van der Waals surface area (Å²) in [6, 6.07) is 23.6. The number of carbonyl (C=O) groups excluding carboxylic acids is 5. The molecule has 0 aliphatic carbocycles. The minimum absolute atomic E-state index is 0.0642. The van der Waals surface area contributed by atoms with E-state index in [0.29, 0.717) is 47.1 Å². The van der Waals surface area contributed by atoms with Gasteiger partial charge in [0, 0.05) is 27.6 Å². The maximum Gasteiger partial charge on any atom is 0.410 e. The Labute approximate surface area is 336 Å². The molecule has 294 valence electrons. The summed E-state index contributed by atoms with van der Waals surface area (Å²) >= 11 is 2.57. The molecule has 56 heavy (non-hydrogen) atoms. The van der Waals surface area contributed by atoms with Crippen LogP contribution in [-0.4, -0.2) is 59.2 Å². The Hall–Kier alpha value is -5.40. The molecule has 4 aromatic rings. The van der Waals surface area contributed by atoms with E-state index in [1.165, 1.54) is 30.2 Å². The van der Waals surface area contributed by atoms with Crippen LogP contribution in [0.15, 0.2) is 89.5 Å². The van der Waals surface area contributed by atoms with Crippen LogP contribution in [0.3, 0.4) is 0 Å². The average molecular weight is 797 g/mol. The number of ether oxygens (including phenoxy) is 2. The van der Waals surface area contributed by atoms with Crippen molar-refractivity contribution in [3.63, 3.8) is 0 Å². The number of hydrogen-bond acceptors (Lipinski definition) is 9. The molecule has 0 fully saturated rings. The molecule has 1 atom stereocenters. The standard InChI is InChI=1S/C43H48N4O7S2/c1-8-34(39(50)46-40-36(41(51)53-7)32-21-22-47(25-35(32)56-40)42(52)54-43(4,5)6)55-31-16-12-15-30(24-31)44-38(49)33(45-37(48)29-13-10-9-11-14-29)23-27-17-19-28(20-18-27)26(2)3/h9-20,23-24,26,34H,8,21-22,25H2,1-7H3,(H,44,49)(H,45,48)(H,46,50)/b33-23+. The van der Waals surface area contributed by atoms with E-state index < -0.39 is 34.7 Å². The average Bonchev–Trinajstić information content (AvgIpc) is 3.53. The van der Waals surface area contributed by atoms with Crippen LogP contribution in [0.1, 0.15) is 96.2 Å².